The Morgan fingerprint density at radius 3 is 1.08 bits per heavy atom. The Morgan fingerprint density at radius 1 is 0.500 bits per heavy atom. The van der Waals surface area contributed by atoms with Crippen LogP contribution in [0.3, 0.4) is 0 Å². The number of benzene rings is 2. The lowest BCUT2D eigenvalue weighted by atomic mass is 10.00. The lowest BCUT2D eigenvalue weighted by Crippen LogP contribution is -2.50. The molecule has 0 radical (unpaired) electrons. The largest absolute Gasteiger partial charge is 0.465 e. The van der Waals surface area contributed by atoms with Crippen LogP contribution in [0.15, 0.2) is 60.9 Å². The number of hydrogen-bond donors (Lipinski definition) is 8. The molecule has 8 N–H and O–H groups in total. The minimum absolute atomic E-state index is 0.0118. The van der Waals surface area contributed by atoms with Crippen LogP contribution in [0.1, 0.15) is 79.1 Å². The van der Waals surface area contributed by atoms with Crippen LogP contribution >= 0.6 is 0 Å². The van der Waals surface area contributed by atoms with Crippen molar-refractivity contribution >= 4 is 24.0 Å². The van der Waals surface area contributed by atoms with Gasteiger partial charge in [-0.1, -0.05) is 104 Å². The number of rotatable bonds is 15. The number of nitrogens with one attached hydrogen (secondary N) is 6. The van der Waals surface area contributed by atoms with Gasteiger partial charge in [0.15, 0.2) is 0 Å². The second kappa shape index (κ2) is 17.0. The standard InChI is InChI=1S/C38H50N8O6/c1-19(2)29(43-35(47)31(21(5)6)45-37(49)50)33-39-17-27(41-33)25-13-9-23(10-14-25)24-11-15-26(16-12-24)28-18-40-34(42-28)30(20(3)4)44-36(48)32(22(7)8)46-38(51)52/h9-22,29-32,45-46H,1-8H3,(H,39,41)(H,40,42)(H,43,47)(H,44,48)(H,49,50)(H,51,52)/t29-,30-,31-,32-/m0/s1. The van der Waals surface area contributed by atoms with Gasteiger partial charge in [0.2, 0.25) is 11.8 Å². The number of aromatic amines is 2. The van der Waals surface area contributed by atoms with E-state index in [9.17, 15) is 29.4 Å². The Morgan fingerprint density at radius 2 is 0.808 bits per heavy atom. The second-order valence-corrected chi connectivity index (χ2v) is 14.3. The number of nitrogens with zero attached hydrogens (tertiary/aromatic N) is 2. The predicted molar refractivity (Wildman–Crippen MR) is 198 cm³/mol. The third-order valence-corrected chi connectivity index (χ3v) is 8.89. The fourth-order valence-electron chi connectivity index (χ4n) is 5.89. The number of carbonyl (C=O) groups is 4. The van der Waals surface area contributed by atoms with Gasteiger partial charge in [-0.2, -0.15) is 0 Å². The van der Waals surface area contributed by atoms with E-state index in [1.165, 1.54) is 0 Å². The number of carbonyl (C=O) groups excluding carboxylic acids is 2. The van der Waals surface area contributed by atoms with Crippen LogP contribution < -0.4 is 21.3 Å². The molecule has 0 fully saturated rings. The van der Waals surface area contributed by atoms with Crippen molar-refractivity contribution in [2.45, 2.75) is 79.6 Å². The first kappa shape index (κ1) is 39.1. The molecular weight excluding hydrogens is 664 g/mol. The molecule has 278 valence electrons. The second-order valence-electron chi connectivity index (χ2n) is 14.3. The highest BCUT2D eigenvalue weighted by Crippen LogP contribution is 2.29. The molecular formula is C38H50N8O6. The molecule has 4 rings (SSSR count). The van der Waals surface area contributed by atoms with E-state index in [1.807, 2.05) is 76.2 Å². The molecule has 4 amide bonds. The third kappa shape index (κ3) is 9.77. The summed E-state index contributed by atoms with van der Waals surface area (Å²) in [4.78, 5) is 64.2. The van der Waals surface area contributed by atoms with Gasteiger partial charge < -0.3 is 41.4 Å². The normalized spacial score (nSPS) is 13.8. The van der Waals surface area contributed by atoms with Crippen molar-refractivity contribution < 1.29 is 29.4 Å². The Labute approximate surface area is 303 Å². The first-order valence-electron chi connectivity index (χ1n) is 17.5. The van der Waals surface area contributed by atoms with Crippen LogP contribution in [0.25, 0.3) is 33.6 Å². The average molecular weight is 715 g/mol. The molecule has 4 atom stereocenters. The van der Waals surface area contributed by atoms with Crippen LogP contribution in [0.2, 0.25) is 0 Å². The molecule has 0 saturated heterocycles. The van der Waals surface area contributed by atoms with Gasteiger partial charge >= 0.3 is 12.2 Å². The summed E-state index contributed by atoms with van der Waals surface area (Å²) in [5, 5.41) is 28.9. The molecule has 0 spiro atoms. The van der Waals surface area contributed by atoms with Crippen LogP contribution in [0.5, 0.6) is 0 Å². The van der Waals surface area contributed by atoms with Gasteiger partial charge in [-0.15, -0.1) is 0 Å². The quantitative estimate of drug-likeness (QED) is 0.0693. The Balaban J connectivity index is 1.45. The van der Waals surface area contributed by atoms with E-state index in [0.717, 1.165) is 33.6 Å². The molecule has 0 aliphatic heterocycles. The van der Waals surface area contributed by atoms with E-state index in [2.05, 4.69) is 41.2 Å². The molecule has 52 heavy (non-hydrogen) atoms. The van der Waals surface area contributed by atoms with Gasteiger partial charge in [-0.05, 0) is 45.9 Å². The fourth-order valence-corrected chi connectivity index (χ4v) is 5.89. The van der Waals surface area contributed by atoms with Crippen molar-refractivity contribution in [2.75, 3.05) is 0 Å². The van der Waals surface area contributed by atoms with Crippen molar-refractivity contribution in [1.82, 2.24) is 41.2 Å². The SMILES string of the molecule is CC(C)[C@H](NC(=O)O)C(=O)N[C@H](c1ncc(-c2ccc(-c3ccc(-c4cnc([C@@H](NC(=O)[C@@H](NC(=O)O)C(C)C)C(C)C)[nH]4)cc3)cc2)[nH]1)C(C)C. The zero-order valence-electron chi connectivity index (χ0n) is 30.8. The van der Waals surface area contributed by atoms with E-state index >= 15 is 0 Å². The van der Waals surface area contributed by atoms with Crippen molar-refractivity contribution in [3.63, 3.8) is 0 Å². The van der Waals surface area contributed by atoms with Crippen LogP contribution in [-0.4, -0.2) is 66.2 Å². The maximum atomic E-state index is 13.0. The molecule has 0 unspecified atom stereocenters. The zero-order chi connectivity index (χ0) is 38.3. The van der Waals surface area contributed by atoms with Crippen molar-refractivity contribution in [3.05, 3.63) is 72.6 Å². The minimum atomic E-state index is -1.25. The van der Waals surface area contributed by atoms with Gasteiger partial charge in [0.25, 0.3) is 0 Å². The molecule has 0 saturated carbocycles. The number of imidazole rings is 2. The minimum Gasteiger partial charge on any atom is -0.465 e. The number of amides is 4. The summed E-state index contributed by atoms with van der Waals surface area (Å²) in [5.74, 6) is -0.152. The fraction of sp³-hybridized carbons (Fsp3) is 0.421. The van der Waals surface area contributed by atoms with E-state index in [4.69, 9.17) is 0 Å². The van der Waals surface area contributed by atoms with Crippen molar-refractivity contribution in [1.29, 1.82) is 0 Å². The molecule has 2 heterocycles. The maximum absolute atomic E-state index is 13.0. The average Bonchev–Trinajstić information content (AvgIpc) is 3.78. The van der Waals surface area contributed by atoms with Crippen molar-refractivity contribution in [2.24, 2.45) is 23.7 Å². The molecule has 14 nitrogen and oxygen atoms in total. The Bertz CT molecular complexity index is 1690. The molecule has 14 heteroatoms. The van der Waals surface area contributed by atoms with Gasteiger partial charge in [-0.25, -0.2) is 19.6 Å². The summed E-state index contributed by atoms with van der Waals surface area (Å²) in [7, 11) is 0. The Kier molecular flexibility index (Phi) is 12.8. The third-order valence-electron chi connectivity index (χ3n) is 8.89. The Hall–Kier alpha value is -5.66. The highest BCUT2D eigenvalue weighted by molar-refractivity contribution is 5.86. The van der Waals surface area contributed by atoms with Gasteiger partial charge in [0, 0.05) is 0 Å². The number of H-pyrrole nitrogens is 2. The summed E-state index contributed by atoms with van der Waals surface area (Å²) in [5.41, 5.74) is 5.41. The van der Waals surface area contributed by atoms with E-state index in [0.29, 0.717) is 11.6 Å². The number of carboxylic acid groups (broad SMARTS) is 2. The van der Waals surface area contributed by atoms with E-state index in [1.54, 1.807) is 40.1 Å². The summed E-state index contributed by atoms with van der Waals surface area (Å²) < 4.78 is 0. The first-order chi connectivity index (χ1) is 24.5. The molecule has 0 aliphatic carbocycles. The molecule has 2 aromatic carbocycles. The van der Waals surface area contributed by atoms with E-state index < -0.39 is 48.2 Å². The lowest BCUT2D eigenvalue weighted by Gasteiger charge is -2.25. The van der Waals surface area contributed by atoms with Gasteiger partial charge in [0.1, 0.15) is 23.7 Å². The molecule has 0 bridgehead atoms. The maximum Gasteiger partial charge on any atom is 0.405 e. The number of aromatic nitrogens is 4. The van der Waals surface area contributed by atoms with Gasteiger partial charge in [-0.3, -0.25) is 9.59 Å². The summed E-state index contributed by atoms with van der Waals surface area (Å²) >= 11 is 0. The summed E-state index contributed by atoms with van der Waals surface area (Å²) in [6.07, 6.45) is 0.936. The van der Waals surface area contributed by atoms with Crippen LogP contribution in [0, 0.1) is 23.7 Å². The first-order valence-corrected chi connectivity index (χ1v) is 17.5. The topological polar surface area (TPSA) is 214 Å². The van der Waals surface area contributed by atoms with Gasteiger partial charge in [0.05, 0.1) is 35.9 Å². The molecule has 2 aromatic heterocycles. The summed E-state index contributed by atoms with van der Waals surface area (Å²) in [6, 6.07) is 13.4. The molecule has 4 aromatic rings. The molecule has 0 aliphatic rings. The predicted octanol–water partition coefficient (Wildman–Crippen LogP) is 6.34. The van der Waals surface area contributed by atoms with E-state index in [-0.39, 0.29) is 23.7 Å². The highest BCUT2D eigenvalue weighted by Gasteiger charge is 2.30. The van der Waals surface area contributed by atoms with Crippen LogP contribution in [-0.2, 0) is 9.59 Å². The summed E-state index contributed by atoms with van der Waals surface area (Å²) in [6.45, 7) is 15.0. The van der Waals surface area contributed by atoms with Crippen molar-refractivity contribution in [3.8, 4) is 33.6 Å². The van der Waals surface area contributed by atoms with Crippen LogP contribution in [0.4, 0.5) is 9.59 Å². The number of hydrogen-bond acceptors (Lipinski definition) is 6. The lowest BCUT2D eigenvalue weighted by molar-refractivity contribution is -0.125. The smallest absolute Gasteiger partial charge is 0.405 e. The highest BCUT2D eigenvalue weighted by atomic mass is 16.4. The zero-order valence-corrected chi connectivity index (χ0v) is 30.8. The monoisotopic (exact) mass is 714 g/mol.